The van der Waals surface area contributed by atoms with E-state index in [9.17, 15) is 19.7 Å². The number of aryl methyl sites for hydroxylation is 2. The maximum atomic E-state index is 12.5. The van der Waals surface area contributed by atoms with Crippen molar-refractivity contribution in [1.82, 2.24) is 9.47 Å². The SMILES string of the molecule is CCN1CCN(c2ccc(NC(=O)CCCn3c(=O)oc4cc([N+](=O)[O-])ccc43)cc2C)CC1. The third-order valence-corrected chi connectivity index (χ3v) is 6.29. The van der Waals surface area contributed by atoms with E-state index in [1.807, 2.05) is 12.1 Å². The van der Waals surface area contributed by atoms with Gasteiger partial charge in [-0.1, -0.05) is 6.92 Å². The van der Waals surface area contributed by atoms with Crippen molar-refractivity contribution in [2.45, 2.75) is 33.2 Å². The smallest absolute Gasteiger partial charge is 0.407 e. The Morgan fingerprint density at radius 2 is 1.91 bits per heavy atom. The van der Waals surface area contributed by atoms with Crippen LogP contribution in [0.4, 0.5) is 17.1 Å². The summed E-state index contributed by atoms with van der Waals surface area (Å²) >= 11 is 0. The second-order valence-electron chi connectivity index (χ2n) is 8.50. The zero-order chi connectivity index (χ0) is 24.2. The van der Waals surface area contributed by atoms with Gasteiger partial charge in [0.15, 0.2) is 5.58 Å². The number of oxazole rings is 1. The number of nitro groups is 1. The first-order valence-corrected chi connectivity index (χ1v) is 11.5. The molecule has 1 aliphatic heterocycles. The van der Waals surface area contributed by atoms with Crippen LogP contribution in [-0.2, 0) is 11.3 Å². The van der Waals surface area contributed by atoms with Crippen LogP contribution in [0.25, 0.3) is 11.1 Å². The topological polar surface area (TPSA) is 114 Å². The summed E-state index contributed by atoms with van der Waals surface area (Å²) in [7, 11) is 0. The number of nitrogens with zero attached hydrogens (tertiary/aromatic N) is 4. The first kappa shape index (κ1) is 23.5. The van der Waals surface area contributed by atoms with E-state index in [1.165, 1.54) is 28.5 Å². The van der Waals surface area contributed by atoms with E-state index in [1.54, 1.807) is 0 Å². The lowest BCUT2D eigenvalue weighted by atomic mass is 10.1. The van der Waals surface area contributed by atoms with Crippen LogP contribution in [-0.4, -0.2) is 53.0 Å². The fourth-order valence-electron chi connectivity index (χ4n) is 4.39. The molecule has 1 saturated heterocycles. The number of benzene rings is 2. The Morgan fingerprint density at radius 1 is 1.15 bits per heavy atom. The molecule has 0 bridgehead atoms. The lowest BCUT2D eigenvalue weighted by Gasteiger charge is -2.36. The van der Waals surface area contributed by atoms with Crippen LogP contribution in [0.1, 0.15) is 25.3 Å². The van der Waals surface area contributed by atoms with E-state index >= 15 is 0 Å². The summed E-state index contributed by atoms with van der Waals surface area (Å²) in [6.07, 6.45) is 0.655. The summed E-state index contributed by atoms with van der Waals surface area (Å²) in [4.78, 5) is 39.8. The van der Waals surface area contributed by atoms with E-state index in [-0.39, 0.29) is 30.1 Å². The van der Waals surface area contributed by atoms with Crippen molar-refractivity contribution in [3.8, 4) is 0 Å². The minimum Gasteiger partial charge on any atom is -0.407 e. The van der Waals surface area contributed by atoms with Crippen LogP contribution in [0.2, 0.25) is 0 Å². The highest BCUT2D eigenvalue weighted by molar-refractivity contribution is 5.91. The molecule has 34 heavy (non-hydrogen) atoms. The molecule has 0 spiro atoms. The molecule has 10 heteroatoms. The van der Waals surface area contributed by atoms with Crippen LogP contribution in [0.5, 0.6) is 0 Å². The van der Waals surface area contributed by atoms with Crippen molar-refractivity contribution in [2.24, 2.45) is 0 Å². The number of aromatic nitrogens is 1. The molecule has 2 heterocycles. The van der Waals surface area contributed by atoms with Gasteiger partial charge in [-0.2, -0.15) is 0 Å². The Bertz CT molecular complexity index is 1260. The number of non-ortho nitro benzene ring substituents is 1. The number of nitro benzene ring substituents is 1. The highest BCUT2D eigenvalue weighted by Gasteiger charge is 2.18. The number of amides is 1. The number of anilines is 2. The maximum absolute atomic E-state index is 12.5. The van der Waals surface area contributed by atoms with Gasteiger partial charge in [-0.05, 0) is 49.7 Å². The lowest BCUT2D eigenvalue weighted by molar-refractivity contribution is -0.384. The monoisotopic (exact) mass is 467 g/mol. The Morgan fingerprint density at radius 3 is 2.59 bits per heavy atom. The van der Waals surface area contributed by atoms with Gasteiger partial charge in [0.2, 0.25) is 5.91 Å². The summed E-state index contributed by atoms with van der Waals surface area (Å²) < 4.78 is 6.52. The summed E-state index contributed by atoms with van der Waals surface area (Å²) in [6.45, 7) is 9.69. The van der Waals surface area contributed by atoms with Crippen molar-refractivity contribution in [3.05, 3.63) is 62.6 Å². The number of likely N-dealkylation sites (N-methyl/N-ethyl adjacent to an activating group) is 1. The largest absolute Gasteiger partial charge is 0.419 e. The highest BCUT2D eigenvalue weighted by atomic mass is 16.6. The molecule has 4 rings (SSSR count). The summed E-state index contributed by atoms with van der Waals surface area (Å²) in [6, 6.07) is 10.0. The van der Waals surface area contributed by atoms with Crippen LogP contribution in [0.3, 0.4) is 0 Å². The van der Waals surface area contributed by atoms with Gasteiger partial charge < -0.3 is 19.5 Å². The van der Waals surface area contributed by atoms with Crippen molar-refractivity contribution in [3.63, 3.8) is 0 Å². The van der Waals surface area contributed by atoms with Crippen LogP contribution < -0.4 is 16.0 Å². The second kappa shape index (κ2) is 10.1. The van der Waals surface area contributed by atoms with E-state index in [0.717, 1.165) is 44.0 Å². The summed E-state index contributed by atoms with van der Waals surface area (Å²) in [5.41, 5.74) is 3.56. The number of nitrogens with one attached hydrogen (secondary N) is 1. The number of rotatable bonds is 8. The summed E-state index contributed by atoms with van der Waals surface area (Å²) in [5.74, 6) is -0.734. The molecule has 1 aliphatic rings. The van der Waals surface area contributed by atoms with E-state index in [0.29, 0.717) is 11.9 Å². The van der Waals surface area contributed by atoms with Gasteiger partial charge in [0.25, 0.3) is 5.69 Å². The van der Waals surface area contributed by atoms with Crippen LogP contribution >= 0.6 is 0 Å². The van der Waals surface area contributed by atoms with E-state index in [4.69, 9.17) is 4.42 Å². The number of hydrogen-bond acceptors (Lipinski definition) is 7. The number of carbonyl (C=O) groups excluding carboxylic acids is 1. The molecule has 10 nitrogen and oxygen atoms in total. The fraction of sp³-hybridized carbons (Fsp3) is 0.417. The van der Waals surface area contributed by atoms with Gasteiger partial charge >= 0.3 is 5.76 Å². The van der Waals surface area contributed by atoms with Crippen LogP contribution in [0, 0.1) is 17.0 Å². The van der Waals surface area contributed by atoms with Gasteiger partial charge in [-0.15, -0.1) is 0 Å². The molecule has 0 unspecified atom stereocenters. The van der Waals surface area contributed by atoms with E-state index in [2.05, 4.69) is 35.0 Å². The maximum Gasteiger partial charge on any atom is 0.419 e. The normalized spacial score (nSPS) is 14.5. The molecule has 1 fully saturated rings. The highest BCUT2D eigenvalue weighted by Crippen LogP contribution is 2.25. The fourth-order valence-corrected chi connectivity index (χ4v) is 4.39. The first-order valence-electron chi connectivity index (χ1n) is 11.5. The van der Waals surface area contributed by atoms with Crippen molar-refractivity contribution >= 4 is 34.1 Å². The van der Waals surface area contributed by atoms with Gasteiger partial charge in [-0.3, -0.25) is 19.5 Å². The molecule has 0 radical (unpaired) electrons. The zero-order valence-electron chi connectivity index (χ0n) is 19.5. The van der Waals surface area contributed by atoms with Gasteiger partial charge in [0.05, 0.1) is 16.5 Å². The van der Waals surface area contributed by atoms with Crippen LogP contribution in [0.15, 0.2) is 45.6 Å². The molecular weight excluding hydrogens is 438 g/mol. The third kappa shape index (κ3) is 5.12. The van der Waals surface area contributed by atoms with Crippen molar-refractivity contribution < 1.29 is 14.1 Å². The second-order valence-corrected chi connectivity index (χ2v) is 8.50. The van der Waals surface area contributed by atoms with Crippen molar-refractivity contribution in [2.75, 3.05) is 42.9 Å². The van der Waals surface area contributed by atoms with Crippen molar-refractivity contribution in [1.29, 1.82) is 0 Å². The Balaban J connectivity index is 1.32. The lowest BCUT2D eigenvalue weighted by Crippen LogP contribution is -2.46. The first-order chi connectivity index (χ1) is 16.4. The predicted octanol–water partition coefficient (Wildman–Crippen LogP) is 3.37. The third-order valence-electron chi connectivity index (χ3n) is 6.29. The minimum atomic E-state index is -0.595. The molecule has 1 N–H and O–H groups in total. The molecule has 0 atom stereocenters. The Labute approximate surface area is 196 Å². The molecule has 2 aromatic carbocycles. The van der Waals surface area contributed by atoms with E-state index < -0.39 is 10.7 Å². The molecule has 180 valence electrons. The number of piperazine rings is 1. The molecule has 0 aliphatic carbocycles. The molecule has 1 aromatic heterocycles. The Hall–Kier alpha value is -3.66. The molecular formula is C24H29N5O5. The molecule has 0 saturated carbocycles. The molecule has 3 aromatic rings. The number of carbonyl (C=O) groups is 1. The average Bonchev–Trinajstić information content (AvgIpc) is 3.13. The number of fused-ring (bicyclic) bond motifs is 1. The molecule has 1 amide bonds. The van der Waals surface area contributed by atoms with Gasteiger partial charge in [0, 0.05) is 56.6 Å². The number of hydrogen-bond donors (Lipinski definition) is 1. The van der Waals surface area contributed by atoms with Gasteiger partial charge in [-0.25, -0.2) is 4.79 Å². The quantitative estimate of drug-likeness (QED) is 0.399. The predicted molar refractivity (Wildman–Crippen MR) is 130 cm³/mol. The standard InChI is InChI=1S/C24H29N5O5/c1-3-26-11-13-27(14-12-26)20-8-6-18(15-17(20)2)25-23(30)5-4-10-28-21-9-7-19(29(32)33)16-22(21)34-24(28)31/h6-9,15-16H,3-5,10-14H2,1-2H3,(H,25,30). The Kier molecular flexibility index (Phi) is 6.97. The zero-order valence-corrected chi connectivity index (χ0v) is 19.5. The average molecular weight is 468 g/mol. The minimum absolute atomic E-state index is 0.139. The van der Waals surface area contributed by atoms with Gasteiger partial charge in [0.1, 0.15) is 0 Å². The summed E-state index contributed by atoms with van der Waals surface area (Å²) in [5, 5.41) is 13.8.